The summed E-state index contributed by atoms with van der Waals surface area (Å²) in [5.74, 6) is -0.262. The maximum Gasteiger partial charge on any atom is 0.278 e. The number of carbonyl (C=O) groups is 1. The molecule has 7 heteroatoms. The molecule has 0 saturated carbocycles. The van der Waals surface area contributed by atoms with E-state index in [2.05, 4.69) is 15.6 Å². The Bertz CT molecular complexity index is 737. The van der Waals surface area contributed by atoms with E-state index in [1.54, 1.807) is 31.2 Å². The van der Waals surface area contributed by atoms with Gasteiger partial charge >= 0.3 is 0 Å². The second-order valence-electron chi connectivity index (χ2n) is 5.41. The van der Waals surface area contributed by atoms with Crippen molar-refractivity contribution < 1.29 is 9.53 Å². The largest absolute Gasteiger partial charge is 0.376 e. The first kappa shape index (κ1) is 14.6. The van der Waals surface area contributed by atoms with Gasteiger partial charge in [-0.3, -0.25) is 9.59 Å². The number of hydrogen-bond donors (Lipinski definition) is 1. The number of hydrogen-bond acceptors (Lipinski definition) is 5. The summed E-state index contributed by atoms with van der Waals surface area (Å²) in [7, 11) is 0. The third-order valence-electron chi connectivity index (χ3n) is 3.87. The number of ether oxygens (including phenoxy) is 1. The third-order valence-corrected chi connectivity index (χ3v) is 3.87. The molecule has 0 aliphatic carbocycles. The zero-order chi connectivity index (χ0) is 15.5. The lowest BCUT2D eigenvalue weighted by atomic mass is 10.2. The quantitative estimate of drug-likeness (QED) is 0.896. The summed E-state index contributed by atoms with van der Waals surface area (Å²) in [4.78, 5) is 24.6. The second-order valence-corrected chi connectivity index (χ2v) is 5.41. The lowest BCUT2D eigenvalue weighted by molar-refractivity contribution is -0.124. The Morgan fingerprint density at radius 2 is 2.32 bits per heavy atom. The van der Waals surface area contributed by atoms with E-state index in [0.717, 1.165) is 24.1 Å². The lowest BCUT2D eigenvalue weighted by Gasteiger charge is -2.15. The number of aromatic nitrogens is 3. The summed E-state index contributed by atoms with van der Waals surface area (Å²) in [6.07, 6.45) is 2.03. The summed E-state index contributed by atoms with van der Waals surface area (Å²) >= 11 is 0. The van der Waals surface area contributed by atoms with Crippen LogP contribution < -0.4 is 10.9 Å². The van der Waals surface area contributed by atoms with Crippen molar-refractivity contribution in [2.24, 2.45) is 0 Å². The molecule has 22 heavy (non-hydrogen) atoms. The lowest BCUT2D eigenvalue weighted by Crippen LogP contribution is -2.40. The molecule has 116 valence electrons. The van der Waals surface area contributed by atoms with Gasteiger partial charge in [-0.05, 0) is 31.9 Å². The molecule has 2 atom stereocenters. The first-order valence-corrected chi connectivity index (χ1v) is 7.40. The molecule has 1 fully saturated rings. The van der Waals surface area contributed by atoms with Gasteiger partial charge in [0, 0.05) is 13.2 Å². The van der Waals surface area contributed by atoms with Crippen LogP contribution in [0.5, 0.6) is 0 Å². The molecule has 2 aromatic rings. The third kappa shape index (κ3) is 2.85. The Kier molecular flexibility index (Phi) is 4.15. The zero-order valence-electron chi connectivity index (χ0n) is 12.4. The predicted octanol–water partition coefficient (Wildman–Crippen LogP) is 0.648. The van der Waals surface area contributed by atoms with Crippen LogP contribution in [0.4, 0.5) is 0 Å². The number of nitrogens with zero attached hydrogens (tertiary/aromatic N) is 3. The van der Waals surface area contributed by atoms with Crippen molar-refractivity contribution in [1.29, 1.82) is 0 Å². The summed E-state index contributed by atoms with van der Waals surface area (Å²) in [5, 5.41) is 11.1. The summed E-state index contributed by atoms with van der Waals surface area (Å²) < 4.78 is 6.58. The van der Waals surface area contributed by atoms with Crippen LogP contribution in [-0.4, -0.2) is 40.2 Å². The van der Waals surface area contributed by atoms with Crippen LogP contribution in [0, 0.1) is 0 Å². The average Bonchev–Trinajstić information content (AvgIpc) is 3.06. The number of rotatable bonds is 4. The predicted molar refractivity (Wildman–Crippen MR) is 80.5 cm³/mol. The number of nitrogens with one attached hydrogen (secondary N) is 1. The summed E-state index contributed by atoms with van der Waals surface area (Å²) in [6, 6.07) is 6.23. The Morgan fingerprint density at radius 1 is 1.50 bits per heavy atom. The zero-order valence-corrected chi connectivity index (χ0v) is 12.4. The first-order valence-electron chi connectivity index (χ1n) is 7.40. The Morgan fingerprint density at radius 3 is 3.09 bits per heavy atom. The number of carbonyl (C=O) groups excluding carboxylic acids is 1. The maximum absolute atomic E-state index is 12.4. The van der Waals surface area contributed by atoms with E-state index in [-0.39, 0.29) is 17.6 Å². The number of amides is 1. The van der Waals surface area contributed by atoms with Crippen molar-refractivity contribution in [1.82, 2.24) is 20.3 Å². The standard InChI is InChI=1S/C15H18N4O3/c1-10(14(20)16-9-11-5-4-8-22-11)19-15(21)12-6-2-3-7-13(12)17-18-19/h2-3,6-7,10-11H,4-5,8-9H2,1H3,(H,16,20)/t10-,11-/m1/s1. The summed E-state index contributed by atoms with van der Waals surface area (Å²) in [5.41, 5.74) is 0.209. The highest BCUT2D eigenvalue weighted by atomic mass is 16.5. The molecule has 0 bridgehead atoms. The fourth-order valence-electron chi connectivity index (χ4n) is 2.53. The van der Waals surface area contributed by atoms with Gasteiger partial charge in [0.1, 0.15) is 11.6 Å². The van der Waals surface area contributed by atoms with E-state index in [9.17, 15) is 9.59 Å². The van der Waals surface area contributed by atoms with Gasteiger partial charge in [0.25, 0.3) is 5.56 Å². The van der Waals surface area contributed by atoms with Crippen LogP contribution in [-0.2, 0) is 9.53 Å². The fourth-order valence-corrected chi connectivity index (χ4v) is 2.53. The Hall–Kier alpha value is -2.28. The summed E-state index contributed by atoms with van der Waals surface area (Å²) in [6.45, 7) is 2.83. The molecule has 1 aliphatic rings. The molecule has 2 heterocycles. The van der Waals surface area contributed by atoms with Crippen molar-refractivity contribution in [3.05, 3.63) is 34.6 Å². The second kappa shape index (κ2) is 6.23. The van der Waals surface area contributed by atoms with Crippen molar-refractivity contribution in [2.75, 3.05) is 13.2 Å². The molecule has 3 rings (SSSR count). The van der Waals surface area contributed by atoms with Crippen LogP contribution in [0.3, 0.4) is 0 Å². The van der Waals surface area contributed by atoms with Crippen LogP contribution in [0.25, 0.3) is 10.9 Å². The smallest absolute Gasteiger partial charge is 0.278 e. The molecule has 1 amide bonds. The van der Waals surface area contributed by atoms with Crippen molar-refractivity contribution in [2.45, 2.75) is 31.9 Å². The highest BCUT2D eigenvalue weighted by Gasteiger charge is 2.21. The van der Waals surface area contributed by atoms with Gasteiger partial charge < -0.3 is 10.1 Å². The minimum atomic E-state index is -0.717. The van der Waals surface area contributed by atoms with Crippen LogP contribution in [0.2, 0.25) is 0 Å². The monoisotopic (exact) mass is 302 g/mol. The molecule has 1 saturated heterocycles. The van der Waals surface area contributed by atoms with E-state index in [1.165, 1.54) is 0 Å². The van der Waals surface area contributed by atoms with E-state index in [4.69, 9.17) is 4.74 Å². The van der Waals surface area contributed by atoms with E-state index in [1.807, 2.05) is 0 Å². The molecule has 0 unspecified atom stereocenters. The van der Waals surface area contributed by atoms with Crippen molar-refractivity contribution in [3.8, 4) is 0 Å². The molecule has 1 N–H and O–H groups in total. The highest BCUT2D eigenvalue weighted by molar-refractivity contribution is 5.81. The molecule has 1 aliphatic heterocycles. The van der Waals surface area contributed by atoms with Gasteiger partial charge in [0.15, 0.2) is 0 Å². The van der Waals surface area contributed by atoms with Crippen LogP contribution >= 0.6 is 0 Å². The van der Waals surface area contributed by atoms with E-state index in [0.29, 0.717) is 17.4 Å². The van der Waals surface area contributed by atoms with Crippen LogP contribution in [0.15, 0.2) is 29.1 Å². The van der Waals surface area contributed by atoms with Crippen molar-refractivity contribution >= 4 is 16.8 Å². The molecule has 1 aromatic heterocycles. The van der Waals surface area contributed by atoms with Gasteiger partial charge in [0.2, 0.25) is 5.91 Å². The highest BCUT2D eigenvalue weighted by Crippen LogP contribution is 2.11. The topological polar surface area (TPSA) is 86.1 Å². The van der Waals surface area contributed by atoms with Gasteiger partial charge in [0.05, 0.1) is 11.5 Å². The molecular weight excluding hydrogens is 284 g/mol. The van der Waals surface area contributed by atoms with E-state index < -0.39 is 6.04 Å². The molecule has 0 radical (unpaired) electrons. The number of fused-ring (bicyclic) bond motifs is 1. The van der Waals surface area contributed by atoms with Gasteiger partial charge in [-0.2, -0.15) is 4.68 Å². The fraction of sp³-hybridized carbons (Fsp3) is 0.467. The normalized spacial score (nSPS) is 19.2. The maximum atomic E-state index is 12.4. The minimum absolute atomic E-state index is 0.0653. The number of benzene rings is 1. The molecule has 1 aromatic carbocycles. The average molecular weight is 302 g/mol. The molecule has 0 spiro atoms. The van der Waals surface area contributed by atoms with Gasteiger partial charge in [-0.25, -0.2) is 0 Å². The first-order chi connectivity index (χ1) is 10.7. The van der Waals surface area contributed by atoms with Crippen LogP contribution in [0.1, 0.15) is 25.8 Å². The Balaban J connectivity index is 1.76. The van der Waals surface area contributed by atoms with E-state index >= 15 is 0 Å². The van der Waals surface area contributed by atoms with Crippen molar-refractivity contribution in [3.63, 3.8) is 0 Å². The Labute approximate surface area is 127 Å². The minimum Gasteiger partial charge on any atom is -0.376 e. The SMILES string of the molecule is C[C@H](C(=O)NC[C@H]1CCCO1)n1nnc2ccccc2c1=O. The van der Waals surface area contributed by atoms with Gasteiger partial charge in [-0.1, -0.05) is 17.3 Å². The molecule has 7 nitrogen and oxygen atoms in total. The molecular formula is C15H18N4O3. The van der Waals surface area contributed by atoms with Gasteiger partial charge in [-0.15, -0.1) is 5.10 Å².